The molecule has 0 amide bonds. The molecule has 0 bridgehead atoms. The average molecular weight is 209 g/mol. The summed E-state index contributed by atoms with van der Waals surface area (Å²) in [6.07, 6.45) is 0. The molecule has 1 aliphatic rings. The molecule has 0 radical (unpaired) electrons. The Balaban J connectivity index is 2.49. The third-order valence-corrected chi connectivity index (χ3v) is 2.96. The van der Waals surface area contributed by atoms with Crippen LogP contribution >= 0.6 is 15.9 Å². The van der Waals surface area contributed by atoms with Crippen molar-refractivity contribution in [2.75, 3.05) is 18.5 Å². The largest absolute Gasteiger partial charge is 0.348 e. The molecule has 0 aliphatic carbocycles. The van der Waals surface area contributed by atoms with Crippen molar-refractivity contribution in [1.29, 1.82) is 0 Å². The Morgan fingerprint density at radius 2 is 2.00 bits per heavy atom. The lowest BCUT2D eigenvalue weighted by Gasteiger charge is -2.27. The van der Waals surface area contributed by atoms with Gasteiger partial charge in [-0.3, -0.25) is 0 Å². The van der Waals surface area contributed by atoms with E-state index < -0.39 is 0 Å². The smallest absolute Gasteiger partial charge is 0.169 e. The zero-order chi connectivity index (χ0) is 7.61. The Bertz CT molecular complexity index is 110. The van der Waals surface area contributed by atoms with E-state index in [9.17, 15) is 0 Å². The summed E-state index contributed by atoms with van der Waals surface area (Å²) in [5, 5.41) is 0.920. The van der Waals surface area contributed by atoms with Crippen LogP contribution in [-0.4, -0.2) is 24.3 Å². The predicted molar refractivity (Wildman–Crippen MR) is 43.3 cm³/mol. The molecule has 1 aliphatic heterocycles. The molecule has 1 unspecified atom stereocenters. The van der Waals surface area contributed by atoms with Crippen molar-refractivity contribution in [2.24, 2.45) is 5.92 Å². The van der Waals surface area contributed by atoms with Gasteiger partial charge in [0.05, 0.1) is 13.2 Å². The lowest BCUT2D eigenvalue weighted by Crippen LogP contribution is -2.34. The Labute approximate surface area is 70.0 Å². The topological polar surface area (TPSA) is 18.5 Å². The molecule has 1 saturated heterocycles. The number of alkyl halides is 1. The van der Waals surface area contributed by atoms with Crippen molar-refractivity contribution in [1.82, 2.24) is 0 Å². The number of halogens is 1. The fourth-order valence-electron chi connectivity index (χ4n) is 0.955. The van der Waals surface area contributed by atoms with Crippen molar-refractivity contribution >= 4 is 15.9 Å². The van der Waals surface area contributed by atoms with Gasteiger partial charge in [0, 0.05) is 11.2 Å². The van der Waals surface area contributed by atoms with Crippen LogP contribution in [0.25, 0.3) is 0 Å². The van der Waals surface area contributed by atoms with Gasteiger partial charge >= 0.3 is 0 Å². The van der Waals surface area contributed by atoms with Crippen LogP contribution < -0.4 is 0 Å². The molecule has 0 saturated carbocycles. The SMILES string of the molecule is CC(CBr)C1(C)OCCO1. The third-order valence-electron chi connectivity index (χ3n) is 1.99. The number of ether oxygens (including phenoxy) is 2. The Morgan fingerprint density at radius 3 is 2.40 bits per heavy atom. The molecule has 60 valence electrons. The molecule has 10 heavy (non-hydrogen) atoms. The lowest BCUT2D eigenvalue weighted by molar-refractivity contribution is -0.171. The number of hydrogen-bond acceptors (Lipinski definition) is 2. The predicted octanol–water partition coefficient (Wildman–Crippen LogP) is 1.78. The molecule has 1 rings (SSSR count). The van der Waals surface area contributed by atoms with Crippen molar-refractivity contribution in [3.8, 4) is 0 Å². The van der Waals surface area contributed by atoms with Crippen LogP contribution in [0.3, 0.4) is 0 Å². The minimum absolute atomic E-state index is 0.344. The van der Waals surface area contributed by atoms with Gasteiger partial charge in [0.15, 0.2) is 5.79 Å². The first-order chi connectivity index (χ1) is 4.69. The van der Waals surface area contributed by atoms with E-state index >= 15 is 0 Å². The van der Waals surface area contributed by atoms with Crippen LogP contribution in [-0.2, 0) is 9.47 Å². The van der Waals surface area contributed by atoms with Crippen molar-refractivity contribution in [3.05, 3.63) is 0 Å². The summed E-state index contributed by atoms with van der Waals surface area (Å²) < 4.78 is 10.9. The van der Waals surface area contributed by atoms with E-state index in [1.807, 2.05) is 6.92 Å². The highest BCUT2D eigenvalue weighted by Gasteiger charge is 2.36. The van der Waals surface area contributed by atoms with Gasteiger partial charge in [-0.25, -0.2) is 0 Å². The number of rotatable bonds is 2. The van der Waals surface area contributed by atoms with Gasteiger partial charge < -0.3 is 9.47 Å². The highest BCUT2D eigenvalue weighted by Crippen LogP contribution is 2.28. The summed E-state index contributed by atoms with van der Waals surface area (Å²) in [6, 6.07) is 0. The first-order valence-corrected chi connectivity index (χ1v) is 4.65. The molecule has 1 fully saturated rings. The Kier molecular flexibility index (Phi) is 2.72. The molecule has 2 nitrogen and oxygen atoms in total. The van der Waals surface area contributed by atoms with Crippen LogP contribution in [0.2, 0.25) is 0 Å². The summed E-state index contributed by atoms with van der Waals surface area (Å²) in [5.74, 6) is 0.0683. The van der Waals surface area contributed by atoms with E-state index in [0.717, 1.165) is 18.5 Å². The van der Waals surface area contributed by atoms with E-state index in [-0.39, 0.29) is 5.79 Å². The van der Waals surface area contributed by atoms with Crippen molar-refractivity contribution < 1.29 is 9.47 Å². The summed E-state index contributed by atoms with van der Waals surface area (Å²) in [5.41, 5.74) is 0. The molecule has 0 aromatic heterocycles. The standard InChI is InChI=1S/C7H13BrO2/c1-6(5-8)7(2)9-3-4-10-7/h6H,3-5H2,1-2H3. The molecule has 1 heterocycles. The van der Waals surface area contributed by atoms with Crippen molar-refractivity contribution in [2.45, 2.75) is 19.6 Å². The zero-order valence-corrected chi connectivity index (χ0v) is 7.98. The van der Waals surface area contributed by atoms with Gasteiger partial charge in [0.2, 0.25) is 0 Å². The molecule has 0 spiro atoms. The van der Waals surface area contributed by atoms with Gasteiger partial charge in [-0.1, -0.05) is 22.9 Å². The fourth-order valence-corrected chi connectivity index (χ4v) is 1.54. The quantitative estimate of drug-likeness (QED) is 0.645. The van der Waals surface area contributed by atoms with Gasteiger partial charge in [0.25, 0.3) is 0 Å². The van der Waals surface area contributed by atoms with Gasteiger partial charge in [-0.05, 0) is 6.92 Å². The lowest BCUT2D eigenvalue weighted by atomic mass is 10.1. The molecule has 0 aromatic rings. The van der Waals surface area contributed by atoms with Gasteiger partial charge in [-0.15, -0.1) is 0 Å². The van der Waals surface area contributed by atoms with E-state index in [1.54, 1.807) is 0 Å². The maximum Gasteiger partial charge on any atom is 0.169 e. The molecular formula is C7H13BrO2. The second-order valence-electron chi connectivity index (χ2n) is 2.77. The summed E-state index contributed by atoms with van der Waals surface area (Å²) in [4.78, 5) is 0. The van der Waals surface area contributed by atoms with Crippen LogP contribution in [0.5, 0.6) is 0 Å². The first-order valence-electron chi connectivity index (χ1n) is 3.53. The van der Waals surface area contributed by atoms with E-state index in [2.05, 4.69) is 22.9 Å². The first kappa shape index (κ1) is 8.50. The molecule has 3 heteroatoms. The van der Waals surface area contributed by atoms with Crippen LogP contribution in [0.15, 0.2) is 0 Å². The third kappa shape index (κ3) is 1.52. The molecule has 1 atom stereocenters. The van der Waals surface area contributed by atoms with E-state index in [0.29, 0.717) is 5.92 Å². The number of hydrogen-bond donors (Lipinski definition) is 0. The molecule has 0 aromatic carbocycles. The van der Waals surface area contributed by atoms with E-state index in [1.165, 1.54) is 0 Å². The van der Waals surface area contributed by atoms with Gasteiger partial charge in [-0.2, -0.15) is 0 Å². The maximum atomic E-state index is 5.44. The maximum absolute atomic E-state index is 5.44. The monoisotopic (exact) mass is 208 g/mol. The van der Waals surface area contributed by atoms with Crippen LogP contribution in [0.1, 0.15) is 13.8 Å². The normalized spacial score (nSPS) is 26.7. The highest BCUT2D eigenvalue weighted by atomic mass is 79.9. The molecule has 0 N–H and O–H groups in total. The summed E-state index contributed by atoms with van der Waals surface area (Å²) in [6.45, 7) is 5.56. The average Bonchev–Trinajstić information content (AvgIpc) is 2.36. The van der Waals surface area contributed by atoms with E-state index in [4.69, 9.17) is 9.47 Å². The fraction of sp³-hybridized carbons (Fsp3) is 1.00. The Morgan fingerprint density at radius 1 is 1.50 bits per heavy atom. The van der Waals surface area contributed by atoms with Crippen LogP contribution in [0, 0.1) is 5.92 Å². The summed E-state index contributed by atoms with van der Waals surface area (Å²) >= 11 is 3.40. The summed E-state index contributed by atoms with van der Waals surface area (Å²) in [7, 11) is 0. The second-order valence-corrected chi connectivity index (χ2v) is 3.42. The van der Waals surface area contributed by atoms with Crippen LogP contribution in [0.4, 0.5) is 0 Å². The van der Waals surface area contributed by atoms with Crippen molar-refractivity contribution in [3.63, 3.8) is 0 Å². The highest BCUT2D eigenvalue weighted by molar-refractivity contribution is 9.09. The van der Waals surface area contributed by atoms with Gasteiger partial charge in [0.1, 0.15) is 0 Å². The molecular weight excluding hydrogens is 196 g/mol. The second kappa shape index (κ2) is 3.20. The minimum atomic E-state index is -0.344. The minimum Gasteiger partial charge on any atom is -0.348 e. The zero-order valence-electron chi connectivity index (χ0n) is 6.39. The Hall–Kier alpha value is 0.400.